The number of nitrogens with one attached hydrogen (secondary N) is 4. The molecule has 0 aliphatic rings. The first kappa shape index (κ1) is 29.7. The van der Waals surface area contributed by atoms with Crippen LogP contribution in [0.3, 0.4) is 0 Å². The van der Waals surface area contributed by atoms with Crippen LogP contribution >= 0.6 is 24.0 Å². The minimum atomic E-state index is -0.523. The van der Waals surface area contributed by atoms with Crippen molar-refractivity contribution in [2.45, 2.75) is 66.5 Å². The molecule has 0 bridgehead atoms. The van der Waals surface area contributed by atoms with E-state index < -0.39 is 17.8 Å². The van der Waals surface area contributed by atoms with Crippen molar-refractivity contribution in [3.05, 3.63) is 0 Å². The van der Waals surface area contributed by atoms with Gasteiger partial charge in [-0.25, -0.2) is 9.59 Å². The molecule has 29 heavy (non-hydrogen) atoms. The minimum absolute atomic E-state index is 0. The van der Waals surface area contributed by atoms with E-state index in [9.17, 15) is 9.59 Å². The number of hydrogen-bond acceptors (Lipinski definition) is 5. The summed E-state index contributed by atoms with van der Waals surface area (Å²) < 4.78 is 10.2. The van der Waals surface area contributed by atoms with E-state index in [1.807, 2.05) is 27.7 Å². The van der Waals surface area contributed by atoms with Crippen molar-refractivity contribution >= 4 is 42.1 Å². The predicted molar refractivity (Wildman–Crippen MR) is 127 cm³/mol. The molecule has 10 heteroatoms. The Morgan fingerprint density at radius 1 is 1.00 bits per heavy atom. The highest BCUT2D eigenvalue weighted by Gasteiger charge is 2.16. The maximum atomic E-state index is 11.7. The fourth-order valence-electron chi connectivity index (χ4n) is 2.29. The van der Waals surface area contributed by atoms with Gasteiger partial charge in [0, 0.05) is 19.6 Å². The third-order valence-corrected chi connectivity index (χ3v) is 3.25. The number of guanidine groups is 1. The molecule has 172 valence electrons. The summed E-state index contributed by atoms with van der Waals surface area (Å²) >= 11 is 0. The second-order valence-electron chi connectivity index (χ2n) is 7.77. The molecule has 1 atom stereocenters. The summed E-state index contributed by atoms with van der Waals surface area (Å²) in [6.07, 6.45) is -0.0863. The van der Waals surface area contributed by atoms with Crippen LogP contribution in [-0.2, 0) is 9.47 Å². The van der Waals surface area contributed by atoms with Gasteiger partial charge in [0.25, 0.3) is 0 Å². The number of amides is 2. The Bertz CT molecular complexity index is 495. The largest absolute Gasteiger partial charge is 0.450 e. The Labute approximate surface area is 192 Å². The quantitative estimate of drug-likeness (QED) is 0.150. The topological polar surface area (TPSA) is 113 Å². The van der Waals surface area contributed by atoms with Crippen molar-refractivity contribution in [3.8, 4) is 0 Å². The number of carbonyl (C=O) groups is 2. The molecular weight excluding hydrogens is 489 g/mol. The molecular formula is C19H40IN5O4. The molecule has 0 aromatic heterocycles. The molecule has 0 aliphatic carbocycles. The van der Waals surface area contributed by atoms with Gasteiger partial charge in [-0.1, -0.05) is 13.8 Å². The summed E-state index contributed by atoms with van der Waals surface area (Å²) in [6.45, 7) is 15.7. The van der Waals surface area contributed by atoms with E-state index in [1.165, 1.54) is 0 Å². The van der Waals surface area contributed by atoms with E-state index >= 15 is 0 Å². The molecule has 0 aliphatic heterocycles. The van der Waals surface area contributed by atoms with E-state index in [0.717, 1.165) is 6.42 Å². The maximum absolute atomic E-state index is 11.7. The Morgan fingerprint density at radius 3 is 2.14 bits per heavy atom. The molecule has 0 radical (unpaired) electrons. The van der Waals surface area contributed by atoms with Crippen molar-refractivity contribution in [3.63, 3.8) is 0 Å². The molecule has 0 saturated carbocycles. The summed E-state index contributed by atoms with van der Waals surface area (Å²) in [7, 11) is 0. The van der Waals surface area contributed by atoms with Crippen LogP contribution < -0.4 is 21.3 Å². The van der Waals surface area contributed by atoms with Gasteiger partial charge in [-0.3, -0.25) is 4.99 Å². The van der Waals surface area contributed by atoms with Crippen LogP contribution in [0.2, 0.25) is 0 Å². The van der Waals surface area contributed by atoms with Gasteiger partial charge in [0.2, 0.25) is 0 Å². The van der Waals surface area contributed by atoms with Gasteiger partial charge in [-0.05, 0) is 47.0 Å². The molecule has 1 unspecified atom stereocenters. The predicted octanol–water partition coefficient (Wildman–Crippen LogP) is 2.85. The van der Waals surface area contributed by atoms with Crippen LogP contribution in [0.15, 0.2) is 4.99 Å². The zero-order valence-electron chi connectivity index (χ0n) is 18.9. The Kier molecular flexibility index (Phi) is 16.8. The molecule has 0 rings (SSSR count). The first-order chi connectivity index (χ1) is 13.1. The van der Waals surface area contributed by atoms with Crippen LogP contribution in [0.25, 0.3) is 0 Å². The summed E-state index contributed by atoms with van der Waals surface area (Å²) in [5, 5.41) is 11.8. The molecule has 0 heterocycles. The second-order valence-corrected chi connectivity index (χ2v) is 7.77. The molecule has 0 aromatic carbocycles. The van der Waals surface area contributed by atoms with Crippen LogP contribution in [0.5, 0.6) is 0 Å². The van der Waals surface area contributed by atoms with Gasteiger partial charge in [0.1, 0.15) is 5.60 Å². The van der Waals surface area contributed by atoms with Crippen molar-refractivity contribution in [1.82, 2.24) is 21.3 Å². The summed E-state index contributed by atoms with van der Waals surface area (Å²) in [4.78, 5) is 27.9. The highest BCUT2D eigenvalue weighted by Crippen LogP contribution is 2.06. The SMILES string of the molecule is CCNC(=NCC(CC(C)C)NC(=O)OCC)NCCNC(=O)OC(C)(C)C.I. The monoisotopic (exact) mass is 529 g/mol. The van der Waals surface area contributed by atoms with Gasteiger partial charge in [0.15, 0.2) is 5.96 Å². The lowest BCUT2D eigenvalue weighted by Gasteiger charge is -2.20. The van der Waals surface area contributed by atoms with Crippen LogP contribution in [0.4, 0.5) is 9.59 Å². The second kappa shape index (κ2) is 16.3. The highest BCUT2D eigenvalue weighted by atomic mass is 127. The number of halogens is 1. The van der Waals surface area contributed by atoms with Gasteiger partial charge in [0.05, 0.1) is 19.2 Å². The van der Waals surface area contributed by atoms with E-state index in [1.54, 1.807) is 6.92 Å². The molecule has 0 fully saturated rings. The Hall–Kier alpha value is -1.46. The number of aliphatic imine (C=N–C) groups is 1. The smallest absolute Gasteiger partial charge is 0.407 e. The lowest BCUT2D eigenvalue weighted by Crippen LogP contribution is -2.44. The standard InChI is InChI=1S/C19H39N5O4.HI/c1-8-20-16(21-10-11-22-17(25)28-19(5,6)7)23-13-15(12-14(3)4)24-18(26)27-9-2;/h14-15H,8-13H2,1-7H3,(H,22,25)(H,24,26)(H2,20,21,23);1H. The zero-order valence-corrected chi connectivity index (χ0v) is 21.2. The summed E-state index contributed by atoms with van der Waals surface area (Å²) in [5.74, 6) is 1.03. The van der Waals surface area contributed by atoms with Crippen molar-refractivity contribution < 1.29 is 19.1 Å². The lowest BCUT2D eigenvalue weighted by molar-refractivity contribution is 0.0528. The van der Waals surface area contributed by atoms with Crippen molar-refractivity contribution in [1.29, 1.82) is 0 Å². The van der Waals surface area contributed by atoms with E-state index in [-0.39, 0.29) is 30.0 Å². The first-order valence-corrected chi connectivity index (χ1v) is 9.99. The normalized spacial score (nSPS) is 12.5. The number of rotatable bonds is 10. The zero-order chi connectivity index (χ0) is 21.6. The molecule has 4 N–H and O–H groups in total. The van der Waals surface area contributed by atoms with Crippen molar-refractivity contribution in [2.24, 2.45) is 10.9 Å². The minimum Gasteiger partial charge on any atom is -0.450 e. The highest BCUT2D eigenvalue weighted by molar-refractivity contribution is 14.0. The van der Waals surface area contributed by atoms with Crippen LogP contribution in [0.1, 0.15) is 54.9 Å². The molecule has 0 saturated heterocycles. The van der Waals surface area contributed by atoms with Crippen molar-refractivity contribution in [2.75, 3.05) is 32.8 Å². The van der Waals surface area contributed by atoms with Gasteiger partial charge in [-0.2, -0.15) is 0 Å². The van der Waals surface area contributed by atoms with Gasteiger partial charge in [-0.15, -0.1) is 24.0 Å². The summed E-state index contributed by atoms with van der Waals surface area (Å²) in [5.41, 5.74) is -0.523. The molecule has 0 aromatic rings. The molecule has 0 spiro atoms. The van der Waals surface area contributed by atoms with Gasteiger partial charge < -0.3 is 30.7 Å². The fraction of sp³-hybridized carbons (Fsp3) is 0.842. The van der Waals surface area contributed by atoms with Crippen LogP contribution in [0, 0.1) is 5.92 Å². The molecule has 2 amide bonds. The number of hydrogen-bond donors (Lipinski definition) is 4. The molecule has 9 nitrogen and oxygen atoms in total. The lowest BCUT2D eigenvalue weighted by atomic mass is 10.0. The Morgan fingerprint density at radius 2 is 1.62 bits per heavy atom. The number of nitrogens with zero attached hydrogens (tertiary/aromatic N) is 1. The number of carbonyl (C=O) groups excluding carboxylic acids is 2. The van der Waals surface area contributed by atoms with E-state index in [2.05, 4.69) is 40.1 Å². The third-order valence-electron chi connectivity index (χ3n) is 3.25. The average molecular weight is 529 g/mol. The van der Waals surface area contributed by atoms with Crippen LogP contribution in [-0.4, -0.2) is 62.6 Å². The number of ether oxygens (including phenoxy) is 2. The van der Waals surface area contributed by atoms with E-state index in [4.69, 9.17) is 9.47 Å². The Balaban J connectivity index is 0. The average Bonchev–Trinajstić information content (AvgIpc) is 2.54. The summed E-state index contributed by atoms with van der Waals surface area (Å²) in [6, 6.07) is -0.116. The number of alkyl carbamates (subject to hydrolysis) is 2. The first-order valence-electron chi connectivity index (χ1n) is 9.99. The third kappa shape index (κ3) is 18.3. The fourth-order valence-corrected chi connectivity index (χ4v) is 2.29. The maximum Gasteiger partial charge on any atom is 0.407 e. The van der Waals surface area contributed by atoms with Gasteiger partial charge >= 0.3 is 12.2 Å². The van der Waals surface area contributed by atoms with E-state index in [0.29, 0.717) is 44.7 Å².